The largest absolute Gasteiger partial charge is 0.352 e. The zero-order valence-corrected chi connectivity index (χ0v) is 22.8. The molecule has 37 heavy (non-hydrogen) atoms. The van der Waals surface area contributed by atoms with Crippen molar-refractivity contribution in [2.24, 2.45) is 0 Å². The van der Waals surface area contributed by atoms with E-state index in [4.69, 9.17) is 0 Å². The molecule has 3 rings (SSSR count). The molecule has 0 aromatic heterocycles. The van der Waals surface area contributed by atoms with Crippen molar-refractivity contribution in [2.45, 2.75) is 77.4 Å². The van der Waals surface area contributed by atoms with Crippen LogP contribution in [-0.2, 0) is 26.2 Å². The lowest BCUT2D eigenvalue weighted by atomic mass is 9.95. The van der Waals surface area contributed by atoms with Gasteiger partial charge in [0.1, 0.15) is 11.9 Å². The molecule has 0 saturated heterocycles. The number of carbonyl (C=O) groups is 2. The van der Waals surface area contributed by atoms with E-state index in [2.05, 4.69) is 5.32 Å². The lowest BCUT2D eigenvalue weighted by molar-refractivity contribution is -0.141. The quantitative estimate of drug-likeness (QED) is 0.461. The Morgan fingerprint density at radius 2 is 1.70 bits per heavy atom. The number of nitrogens with one attached hydrogen (secondary N) is 1. The summed E-state index contributed by atoms with van der Waals surface area (Å²) in [5.41, 5.74) is 1.91. The van der Waals surface area contributed by atoms with Gasteiger partial charge in [-0.05, 0) is 56.4 Å². The van der Waals surface area contributed by atoms with Gasteiger partial charge >= 0.3 is 0 Å². The second kappa shape index (κ2) is 13.0. The third kappa shape index (κ3) is 8.02. The Bertz CT molecular complexity index is 1180. The molecule has 2 aromatic rings. The molecule has 0 heterocycles. The summed E-state index contributed by atoms with van der Waals surface area (Å²) in [4.78, 5) is 28.1. The van der Waals surface area contributed by atoms with E-state index >= 15 is 0 Å². The first kappa shape index (κ1) is 28.6. The van der Waals surface area contributed by atoms with E-state index in [1.165, 1.54) is 24.6 Å². The molecule has 2 aromatic carbocycles. The number of rotatable bonds is 11. The van der Waals surface area contributed by atoms with Crippen molar-refractivity contribution in [3.05, 3.63) is 65.5 Å². The van der Waals surface area contributed by atoms with Gasteiger partial charge in [-0.3, -0.25) is 13.9 Å². The number of nitrogens with zero attached hydrogens (tertiary/aromatic N) is 2. The average molecular weight is 532 g/mol. The highest BCUT2D eigenvalue weighted by molar-refractivity contribution is 7.92. The molecule has 9 heteroatoms. The summed E-state index contributed by atoms with van der Waals surface area (Å²) in [5, 5.41) is 3.11. The summed E-state index contributed by atoms with van der Waals surface area (Å²) in [6.07, 6.45) is 6.46. The highest BCUT2D eigenvalue weighted by Gasteiger charge is 2.29. The Kier molecular flexibility index (Phi) is 10.1. The van der Waals surface area contributed by atoms with E-state index in [9.17, 15) is 22.4 Å². The molecule has 1 N–H and O–H groups in total. The standard InChI is InChI=1S/C28H38FN3O4S/c1-21-12-7-8-13-23(21)20-31(22(2)28(34)30-24-14-5-4-6-15-24)27(33)18-11-19-32(37(3,35)36)26-17-10-9-16-25(26)29/h7-10,12-13,16-17,22,24H,4-6,11,14-15,18-20H2,1-3H3,(H,30,34). The van der Waals surface area contributed by atoms with Crippen molar-refractivity contribution >= 4 is 27.5 Å². The van der Waals surface area contributed by atoms with E-state index in [0.29, 0.717) is 0 Å². The summed E-state index contributed by atoms with van der Waals surface area (Å²) in [5.74, 6) is -1.08. The summed E-state index contributed by atoms with van der Waals surface area (Å²) >= 11 is 0. The normalized spacial score (nSPS) is 15.1. The Morgan fingerprint density at radius 1 is 1.05 bits per heavy atom. The van der Waals surface area contributed by atoms with Crippen LogP contribution in [0.1, 0.15) is 63.0 Å². The molecule has 0 aliphatic heterocycles. The maximum Gasteiger partial charge on any atom is 0.242 e. The molecular weight excluding hydrogens is 493 g/mol. The molecule has 1 aliphatic rings. The second-order valence-corrected chi connectivity index (χ2v) is 11.8. The van der Waals surface area contributed by atoms with Crippen LogP contribution in [0.5, 0.6) is 0 Å². The number of aryl methyl sites for hydroxylation is 1. The van der Waals surface area contributed by atoms with Gasteiger partial charge in [0.05, 0.1) is 11.9 Å². The van der Waals surface area contributed by atoms with Crippen LogP contribution < -0.4 is 9.62 Å². The minimum absolute atomic E-state index is 0.0212. The lowest BCUT2D eigenvalue weighted by Crippen LogP contribution is -2.50. The van der Waals surface area contributed by atoms with Gasteiger partial charge in [-0.2, -0.15) is 0 Å². The minimum Gasteiger partial charge on any atom is -0.352 e. The summed E-state index contributed by atoms with van der Waals surface area (Å²) < 4.78 is 40.1. The topological polar surface area (TPSA) is 86.8 Å². The Labute approximate surface area is 220 Å². The van der Waals surface area contributed by atoms with Crippen LogP contribution in [0.25, 0.3) is 0 Å². The van der Waals surface area contributed by atoms with Crippen LogP contribution in [0.4, 0.5) is 10.1 Å². The third-order valence-corrected chi connectivity index (χ3v) is 8.17. The van der Waals surface area contributed by atoms with Gasteiger partial charge in [0, 0.05) is 25.6 Å². The zero-order chi connectivity index (χ0) is 27.0. The number of benzene rings is 2. The number of para-hydroxylation sites is 1. The molecule has 0 bridgehead atoms. The van der Waals surface area contributed by atoms with E-state index < -0.39 is 21.9 Å². The molecule has 0 spiro atoms. The van der Waals surface area contributed by atoms with Crippen molar-refractivity contribution in [3.63, 3.8) is 0 Å². The fourth-order valence-corrected chi connectivity index (χ4v) is 5.72. The maximum absolute atomic E-state index is 14.3. The van der Waals surface area contributed by atoms with Crippen molar-refractivity contribution in [3.8, 4) is 0 Å². The van der Waals surface area contributed by atoms with Crippen LogP contribution in [0, 0.1) is 12.7 Å². The number of sulfonamides is 1. The molecule has 1 fully saturated rings. The van der Waals surface area contributed by atoms with Gasteiger partial charge in [-0.25, -0.2) is 12.8 Å². The third-order valence-electron chi connectivity index (χ3n) is 6.99. The Morgan fingerprint density at radius 3 is 2.35 bits per heavy atom. The summed E-state index contributed by atoms with van der Waals surface area (Å²) in [6.45, 7) is 3.92. The summed E-state index contributed by atoms with van der Waals surface area (Å²) in [6, 6.07) is 12.8. The Balaban J connectivity index is 1.73. The summed E-state index contributed by atoms with van der Waals surface area (Å²) in [7, 11) is -3.75. The zero-order valence-electron chi connectivity index (χ0n) is 22.0. The first-order chi connectivity index (χ1) is 17.6. The van der Waals surface area contributed by atoms with Crippen molar-refractivity contribution in [2.75, 3.05) is 17.1 Å². The average Bonchev–Trinajstić information content (AvgIpc) is 2.86. The van der Waals surface area contributed by atoms with E-state index in [0.717, 1.165) is 47.4 Å². The fraction of sp³-hybridized carbons (Fsp3) is 0.500. The van der Waals surface area contributed by atoms with Gasteiger partial charge in [0.15, 0.2) is 0 Å². The molecule has 1 atom stereocenters. The van der Waals surface area contributed by atoms with E-state index in [1.54, 1.807) is 17.9 Å². The van der Waals surface area contributed by atoms with Gasteiger partial charge in [-0.1, -0.05) is 55.7 Å². The monoisotopic (exact) mass is 531 g/mol. The van der Waals surface area contributed by atoms with E-state index in [1.807, 2.05) is 31.2 Å². The molecule has 202 valence electrons. The van der Waals surface area contributed by atoms with Crippen LogP contribution in [0.3, 0.4) is 0 Å². The second-order valence-electron chi connectivity index (χ2n) is 9.86. The number of hydrogen-bond donors (Lipinski definition) is 1. The van der Waals surface area contributed by atoms with Crippen LogP contribution >= 0.6 is 0 Å². The molecule has 2 amide bonds. The predicted molar refractivity (Wildman–Crippen MR) is 144 cm³/mol. The predicted octanol–water partition coefficient (Wildman–Crippen LogP) is 4.55. The number of carbonyl (C=O) groups excluding carboxylic acids is 2. The van der Waals surface area contributed by atoms with Gasteiger partial charge in [-0.15, -0.1) is 0 Å². The molecule has 1 aliphatic carbocycles. The molecule has 7 nitrogen and oxygen atoms in total. The number of halogens is 1. The number of anilines is 1. The van der Waals surface area contributed by atoms with Crippen LogP contribution in [0.15, 0.2) is 48.5 Å². The number of hydrogen-bond acceptors (Lipinski definition) is 4. The highest BCUT2D eigenvalue weighted by Crippen LogP contribution is 2.23. The molecule has 0 radical (unpaired) electrons. The molecule has 1 unspecified atom stereocenters. The minimum atomic E-state index is -3.75. The number of amides is 2. The van der Waals surface area contributed by atoms with Crippen molar-refractivity contribution in [1.82, 2.24) is 10.2 Å². The first-order valence-electron chi connectivity index (χ1n) is 12.9. The first-order valence-corrected chi connectivity index (χ1v) is 14.8. The van der Waals surface area contributed by atoms with Crippen molar-refractivity contribution < 1.29 is 22.4 Å². The van der Waals surface area contributed by atoms with Gasteiger partial charge < -0.3 is 10.2 Å². The maximum atomic E-state index is 14.3. The van der Waals surface area contributed by atoms with Crippen LogP contribution in [0.2, 0.25) is 0 Å². The SMILES string of the molecule is Cc1ccccc1CN(C(=O)CCCN(c1ccccc1F)S(C)(=O)=O)C(C)C(=O)NC1CCCCC1. The highest BCUT2D eigenvalue weighted by atomic mass is 32.2. The van der Waals surface area contributed by atoms with Gasteiger partial charge in [0.2, 0.25) is 21.8 Å². The van der Waals surface area contributed by atoms with Crippen LogP contribution in [-0.4, -0.2) is 50.0 Å². The smallest absolute Gasteiger partial charge is 0.242 e. The molecular formula is C28H38FN3O4S. The lowest BCUT2D eigenvalue weighted by Gasteiger charge is -2.32. The fourth-order valence-electron chi connectivity index (χ4n) is 4.76. The Hall–Kier alpha value is -2.94. The van der Waals surface area contributed by atoms with E-state index in [-0.39, 0.29) is 49.5 Å². The molecule has 1 saturated carbocycles. The van der Waals surface area contributed by atoms with Gasteiger partial charge in [0.25, 0.3) is 0 Å². The van der Waals surface area contributed by atoms with Crippen molar-refractivity contribution in [1.29, 1.82) is 0 Å².